The molecule has 0 aromatic carbocycles. The Bertz CT molecular complexity index is 228. The van der Waals surface area contributed by atoms with Gasteiger partial charge in [0.2, 0.25) is 0 Å². The van der Waals surface area contributed by atoms with E-state index in [0.29, 0.717) is 0 Å². The third-order valence-corrected chi connectivity index (χ3v) is 23.0. The predicted molar refractivity (Wildman–Crippen MR) is 76.4 cm³/mol. The summed E-state index contributed by atoms with van der Waals surface area (Å²) < 4.78 is 32.6. The van der Waals surface area contributed by atoms with Crippen molar-refractivity contribution < 1.29 is 0 Å². The minimum atomic E-state index is -4.87. The van der Waals surface area contributed by atoms with Gasteiger partial charge in [0.1, 0.15) is 0 Å². The molecule has 0 N–H and O–H groups in total. The van der Waals surface area contributed by atoms with E-state index in [1.807, 2.05) is 0 Å². The van der Waals surface area contributed by atoms with Crippen LogP contribution in [0.1, 0.15) is 41.5 Å². The fraction of sp³-hybridized carbons (Fsp3) is 1.00. The van der Waals surface area contributed by atoms with E-state index < -0.39 is 25.2 Å². The molecule has 0 rings (SSSR count). The van der Waals surface area contributed by atoms with Gasteiger partial charge in [-0.05, 0) is 0 Å². The average Bonchev–Trinajstić information content (AvgIpc) is 2.00. The van der Waals surface area contributed by atoms with Gasteiger partial charge in [-0.15, -0.1) is 0 Å². The zero-order valence-corrected chi connectivity index (χ0v) is 12.3. The molecule has 0 aliphatic rings. The summed E-state index contributed by atoms with van der Waals surface area (Å²) >= 11 is -4.87. The van der Waals surface area contributed by atoms with Gasteiger partial charge in [0.25, 0.3) is 0 Å². The second kappa shape index (κ2) is 5.03. The van der Waals surface area contributed by atoms with E-state index >= 15 is 0 Å². The topological polar surface area (TPSA) is 0 Å². The summed E-state index contributed by atoms with van der Waals surface area (Å²) in [5.41, 5.74) is -0.868. The van der Waals surface area contributed by atoms with Crippen molar-refractivity contribution in [3.8, 4) is 0 Å². The molecule has 0 saturated carbocycles. The van der Waals surface area contributed by atoms with Crippen LogP contribution >= 0.6 is 19.6 Å². The molecule has 0 aliphatic carbocycles. The summed E-state index contributed by atoms with van der Waals surface area (Å²) in [7, 11) is 0. The molecule has 0 bridgehead atoms. The van der Waals surface area contributed by atoms with Gasteiger partial charge in [-0.3, -0.25) is 0 Å². The van der Waals surface area contributed by atoms with Crippen LogP contribution in [0.25, 0.3) is 0 Å². The third kappa shape index (κ3) is 2.28. The Morgan fingerprint density at radius 1 is 1.25 bits per heavy atom. The number of hydrogen-bond donors (Lipinski definition) is 0. The molecule has 0 aromatic heterocycles. The molecule has 0 heterocycles. The van der Waals surface area contributed by atoms with Crippen LogP contribution in [0.4, 0.5) is 0 Å². The van der Waals surface area contributed by atoms with E-state index in [0.717, 1.165) is 5.67 Å². The Balaban J connectivity index is 5.93. The van der Waals surface area contributed by atoms with Gasteiger partial charge >= 0.3 is 92.1 Å². The van der Waals surface area contributed by atoms with Crippen LogP contribution in [0.3, 0.4) is 0 Å². The third-order valence-electron chi connectivity index (χ3n) is 2.84. The molecule has 0 amide bonds. The van der Waals surface area contributed by atoms with Crippen LogP contribution in [0.2, 0.25) is 16.6 Å². The SMILES string of the molecule is [2H]I([2H])([3H])([B][3H])[Si](C(C)C)(C(C)C)C(C)C. The van der Waals surface area contributed by atoms with Gasteiger partial charge < -0.3 is 0 Å². The summed E-state index contributed by atoms with van der Waals surface area (Å²) in [5.74, 6) is 0. The van der Waals surface area contributed by atoms with Crippen LogP contribution in [-0.4, -0.2) is 14.4 Å². The van der Waals surface area contributed by atoms with E-state index in [1.54, 1.807) is 0 Å². The first-order chi connectivity index (χ1) is 6.92. The summed E-state index contributed by atoms with van der Waals surface area (Å²) in [6, 6.07) is 0. The van der Waals surface area contributed by atoms with E-state index in [2.05, 4.69) is 41.5 Å². The normalized spacial score (nSPS) is 22.6. The van der Waals surface area contributed by atoms with Crippen LogP contribution in [0.15, 0.2) is 0 Å². The molecule has 0 nitrogen and oxygen atoms in total. The molecule has 0 aliphatic heterocycles. The van der Waals surface area contributed by atoms with Gasteiger partial charge in [0, 0.05) is 0 Å². The molecular formula is C9H25BISi. The first-order valence-electron chi connectivity index (χ1n) is 6.45. The average molecular weight is 305 g/mol. The maximum atomic E-state index is 8.36. The molecule has 0 saturated heterocycles. The second-order valence-electron chi connectivity index (χ2n) is 4.40. The van der Waals surface area contributed by atoms with Gasteiger partial charge in [-0.25, -0.2) is 0 Å². The Kier molecular flexibility index (Phi) is 3.07. The maximum absolute atomic E-state index is 8.36. The van der Waals surface area contributed by atoms with Crippen LogP contribution in [0, 0.1) is 0 Å². The van der Waals surface area contributed by atoms with E-state index in [9.17, 15) is 0 Å². The van der Waals surface area contributed by atoms with Crippen molar-refractivity contribution in [2.24, 2.45) is 0 Å². The summed E-state index contributed by atoms with van der Waals surface area (Å²) in [6.07, 6.45) is 0. The number of halogens is 1. The van der Waals surface area contributed by atoms with Crippen LogP contribution in [0.5, 0.6) is 0 Å². The molecule has 75 valence electrons. The molecule has 0 aromatic rings. The van der Waals surface area contributed by atoms with Crippen molar-refractivity contribution >= 4 is 30.8 Å². The standard InChI is InChI=1S/C9H25BISi/c1-7(2)12(11-10,8(3)4)9(5)6/h7-10H,1-6,11H3/i10T,11TD2. The molecule has 0 unspecified atom stereocenters. The summed E-state index contributed by atoms with van der Waals surface area (Å²) in [4.78, 5) is 0. The summed E-state index contributed by atoms with van der Waals surface area (Å²) in [6.45, 7) is 12.3. The molecule has 1 radical (unpaired) electrons. The van der Waals surface area contributed by atoms with E-state index in [1.165, 1.54) is 0 Å². The fourth-order valence-corrected chi connectivity index (χ4v) is 13.6. The molecule has 12 heavy (non-hydrogen) atoms. The Morgan fingerprint density at radius 2 is 1.58 bits per heavy atom. The van der Waals surface area contributed by atoms with Crippen molar-refractivity contribution in [1.29, 1.82) is 3.12 Å². The zero-order chi connectivity index (χ0) is 13.4. The fourth-order valence-electron chi connectivity index (χ4n) is 2.38. The van der Waals surface area contributed by atoms with Crippen molar-refractivity contribution in [2.45, 2.75) is 58.2 Å². The van der Waals surface area contributed by atoms with E-state index in [4.69, 9.17) is 3.12 Å². The van der Waals surface area contributed by atoms with Gasteiger partial charge in [-0.2, -0.15) is 0 Å². The Labute approximate surface area is 92.1 Å². The first kappa shape index (κ1) is 7.32. The van der Waals surface area contributed by atoms with Gasteiger partial charge in [0.05, 0.1) is 0 Å². The Morgan fingerprint density at radius 3 is 1.67 bits per heavy atom. The van der Waals surface area contributed by atoms with Crippen molar-refractivity contribution in [3.05, 3.63) is 0 Å². The van der Waals surface area contributed by atoms with Crippen molar-refractivity contribution in [3.63, 3.8) is 0 Å². The number of hydrogen-bond acceptors (Lipinski definition) is 0. The molecule has 0 fully saturated rings. The Hall–Kier alpha value is 1.01. The quantitative estimate of drug-likeness (QED) is 0.416. The monoisotopic (exact) mass is 305 g/mol. The zero-order valence-electron chi connectivity index (χ0n) is 13.2. The second-order valence-corrected chi connectivity index (χ2v) is 17.2. The number of rotatable bonds is 5. The van der Waals surface area contributed by atoms with E-state index in [-0.39, 0.29) is 16.6 Å². The first-order valence-corrected chi connectivity index (χ1v) is 11.3. The molecular weight excluding hydrogens is 274 g/mol. The van der Waals surface area contributed by atoms with Gasteiger partial charge in [-0.1, -0.05) is 0 Å². The van der Waals surface area contributed by atoms with Crippen molar-refractivity contribution in [1.82, 2.24) is 0 Å². The molecule has 0 spiro atoms. The van der Waals surface area contributed by atoms with Crippen LogP contribution in [-0.2, 0) is 0 Å². The molecule has 0 atom stereocenters. The van der Waals surface area contributed by atoms with Crippen molar-refractivity contribution in [2.75, 3.05) is 0 Å². The minimum absolute atomic E-state index is 0.218. The predicted octanol–water partition coefficient (Wildman–Crippen LogP) is 3.15. The summed E-state index contributed by atoms with van der Waals surface area (Å²) in [5, 5.41) is 0. The van der Waals surface area contributed by atoms with Crippen LogP contribution < -0.4 is 0 Å². The van der Waals surface area contributed by atoms with Gasteiger partial charge in [0.15, 0.2) is 0 Å². The molecule has 3 heteroatoms.